The summed E-state index contributed by atoms with van der Waals surface area (Å²) in [6.07, 6.45) is 5.94. The van der Waals surface area contributed by atoms with Crippen LogP contribution in [0, 0.1) is 10.1 Å². The lowest BCUT2D eigenvalue weighted by Gasteiger charge is -2.11. The van der Waals surface area contributed by atoms with Gasteiger partial charge in [-0.3, -0.25) is 19.7 Å². The van der Waals surface area contributed by atoms with Crippen molar-refractivity contribution >= 4 is 23.4 Å². The molecule has 0 unspecified atom stereocenters. The Balaban J connectivity index is 1.60. The smallest absolute Gasteiger partial charge is 0.395 e. The van der Waals surface area contributed by atoms with E-state index in [4.69, 9.17) is 4.42 Å². The number of furan rings is 1. The van der Waals surface area contributed by atoms with Gasteiger partial charge in [-0.2, -0.15) is 0 Å². The zero-order chi connectivity index (χ0) is 19.9. The number of para-hydroxylation sites is 1. The maximum atomic E-state index is 12.4. The van der Waals surface area contributed by atoms with E-state index in [0.717, 1.165) is 12.6 Å². The van der Waals surface area contributed by atoms with Crippen molar-refractivity contribution in [3.8, 4) is 0 Å². The molecule has 3 aromatic rings. The molecule has 2 aromatic heterocycles. The van der Waals surface area contributed by atoms with Gasteiger partial charge in [0, 0.05) is 25.5 Å². The van der Waals surface area contributed by atoms with Crippen LogP contribution in [0.5, 0.6) is 0 Å². The van der Waals surface area contributed by atoms with Crippen molar-refractivity contribution in [2.45, 2.75) is 13.0 Å². The number of imidazole rings is 1. The fraction of sp³-hybridized carbons (Fsp3) is 0.167. The Bertz CT molecular complexity index is 980. The summed E-state index contributed by atoms with van der Waals surface area (Å²) in [5.41, 5.74) is 0.554. The van der Waals surface area contributed by atoms with Crippen molar-refractivity contribution in [3.63, 3.8) is 0 Å². The summed E-state index contributed by atoms with van der Waals surface area (Å²) in [5.74, 6) is -1.78. The Kier molecular flexibility index (Phi) is 5.80. The van der Waals surface area contributed by atoms with Gasteiger partial charge in [0.15, 0.2) is 5.76 Å². The number of nitrogens with zero attached hydrogens (tertiary/aromatic N) is 3. The van der Waals surface area contributed by atoms with E-state index in [-0.39, 0.29) is 22.9 Å². The van der Waals surface area contributed by atoms with Gasteiger partial charge in [-0.25, -0.2) is 4.98 Å². The van der Waals surface area contributed by atoms with E-state index in [1.807, 2.05) is 10.8 Å². The normalized spacial score (nSPS) is 10.4. The maximum Gasteiger partial charge on any atom is 0.433 e. The molecule has 10 nitrogen and oxygen atoms in total. The Morgan fingerprint density at radius 3 is 2.71 bits per heavy atom. The Morgan fingerprint density at radius 1 is 1.18 bits per heavy atom. The molecule has 0 spiro atoms. The Hall–Kier alpha value is -3.95. The second-order valence-corrected chi connectivity index (χ2v) is 5.80. The van der Waals surface area contributed by atoms with Gasteiger partial charge in [0.1, 0.15) is 4.92 Å². The molecule has 0 aliphatic heterocycles. The van der Waals surface area contributed by atoms with Crippen LogP contribution in [-0.4, -0.2) is 32.8 Å². The lowest BCUT2D eigenvalue weighted by molar-refractivity contribution is -0.402. The second kappa shape index (κ2) is 8.62. The van der Waals surface area contributed by atoms with Crippen LogP contribution in [0.1, 0.15) is 27.3 Å². The van der Waals surface area contributed by atoms with E-state index in [2.05, 4.69) is 15.6 Å². The maximum absolute atomic E-state index is 12.4. The third-order valence-electron chi connectivity index (χ3n) is 3.85. The molecule has 0 fully saturated rings. The fourth-order valence-corrected chi connectivity index (χ4v) is 2.50. The van der Waals surface area contributed by atoms with Gasteiger partial charge in [-0.1, -0.05) is 12.1 Å². The second-order valence-electron chi connectivity index (χ2n) is 5.80. The minimum atomic E-state index is -0.734. The molecule has 0 saturated carbocycles. The Morgan fingerprint density at radius 2 is 2.00 bits per heavy atom. The van der Waals surface area contributed by atoms with Crippen LogP contribution in [0.15, 0.2) is 59.5 Å². The third-order valence-corrected chi connectivity index (χ3v) is 3.85. The highest BCUT2D eigenvalue weighted by Gasteiger charge is 2.19. The van der Waals surface area contributed by atoms with Crippen molar-refractivity contribution in [2.24, 2.45) is 0 Å². The van der Waals surface area contributed by atoms with Gasteiger partial charge in [0.05, 0.1) is 23.6 Å². The molecule has 2 heterocycles. The number of nitro groups is 1. The molecular weight excluding hydrogens is 366 g/mol. The topological polar surface area (TPSA) is 132 Å². The summed E-state index contributed by atoms with van der Waals surface area (Å²) in [4.78, 5) is 38.6. The Labute approximate surface area is 159 Å². The molecule has 0 aliphatic carbocycles. The first-order valence-corrected chi connectivity index (χ1v) is 8.43. The molecule has 0 bridgehead atoms. The summed E-state index contributed by atoms with van der Waals surface area (Å²) in [6, 6.07) is 8.77. The predicted octanol–water partition coefficient (Wildman–Crippen LogP) is 2.46. The van der Waals surface area contributed by atoms with Crippen molar-refractivity contribution in [1.82, 2.24) is 14.9 Å². The van der Waals surface area contributed by atoms with Gasteiger partial charge in [0.2, 0.25) is 0 Å². The zero-order valence-electron chi connectivity index (χ0n) is 14.7. The number of benzene rings is 1. The summed E-state index contributed by atoms with van der Waals surface area (Å²) < 4.78 is 6.78. The van der Waals surface area contributed by atoms with E-state index in [9.17, 15) is 19.7 Å². The number of nitrogens with one attached hydrogen (secondary N) is 2. The monoisotopic (exact) mass is 383 g/mol. The van der Waals surface area contributed by atoms with E-state index < -0.39 is 16.7 Å². The number of anilines is 1. The van der Waals surface area contributed by atoms with Crippen LogP contribution >= 0.6 is 0 Å². The highest BCUT2D eigenvalue weighted by Crippen LogP contribution is 2.19. The lowest BCUT2D eigenvalue weighted by atomic mass is 10.1. The first kappa shape index (κ1) is 18.8. The molecule has 0 aliphatic rings. The molecule has 2 amide bonds. The first-order valence-electron chi connectivity index (χ1n) is 8.43. The van der Waals surface area contributed by atoms with Gasteiger partial charge in [-0.15, -0.1) is 0 Å². The summed E-state index contributed by atoms with van der Waals surface area (Å²) >= 11 is 0. The molecule has 0 atom stereocenters. The van der Waals surface area contributed by atoms with Gasteiger partial charge >= 0.3 is 5.88 Å². The van der Waals surface area contributed by atoms with Crippen LogP contribution in [0.3, 0.4) is 0 Å². The van der Waals surface area contributed by atoms with Crippen LogP contribution < -0.4 is 10.6 Å². The SMILES string of the molecule is O=C(Nc1ccccc1C(=O)NCCCn1ccnc1)c1ccc([N+](=O)[O-])o1. The number of hydrogen-bond acceptors (Lipinski definition) is 6. The molecule has 2 N–H and O–H groups in total. The highest BCUT2D eigenvalue weighted by atomic mass is 16.6. The average molecular weight is 383 g/mol. The fourth-order valence-electron chi connectivity index (χ4n) is 2.50. The van der Waals surface area contributed by atoms with Gasteiger partial charge in [-0.05, 0) is 24.6 Å². The van der Waals surface area contributed by atoms with Crippen LogP contribution in [0.4, 0.5) is 11.6 Å². The molecule has 3 rings (SSSR count). The summed E-state index contributed by atoms with van der Waals surface area (Å²) in [5, 5.41) is 16.0. The third kappa shape index (κ3) is 4.61. The van der Waals surface area contributed by atoms with Crippen molar-refractivity contribution in [3.05, 3.63) is 76.6 Å². The van der Waals surface area contributed by atoms with E-state index in [1.54, 1.807) is 36.8 Å². The number of rotatable bonds is 8. The minimum absolute atomic E-state index is 0.220. The average Bonchev–Trinajstić information content (AvgIpc) is 3.37. The van der Waals surface area contributed by atoms with Crippen molar-refractivity contribution in [1.29, 1.82) is 0 Å². The largest absolute Gasteiger partial charge is 0.433 e. The predicted molar refractivity (Wildman–Crippen MR) is 98.9 cm³/mol. The highest BCUT2D eigenvalue weighted by molar-refractivity contribution is 6.07. The lowest BCUT2D eigenvalue weighted by Crippen LogP contribution is -2.26. The summed E-state index contributed by atoms with van der Waals surface area (Å²) in [7, 11) is 0. The summed E-state index contributed by atoms with van der Waals surface area (Å²) in [6.45, 7) is 1.17. The molecule has 0 saturated heterocycles. The molecule has 10 heteroatoms. The quantitative estimate of drug-likeness (QED) is 0.349. The molecule has 144 valence electrons. The van der Waals surface area contributed by atoms with Crippen molar-refractivity contribution in [2.75, 3.05) is 11.9 Å². The van der Waals surface area contributed by atoms with Crippen molar-refractivity contribution < 1.29 is 18.9 Å². The van der Waals surface area contributed by atoms with E-state index >= 15 is 0 Å². The van der Waals surface area contributed by atoms with E-state index in [1.165, 1.54) is 6.07 Å². The molecular formula is C18H17N5O5. The molecule has 1 aromatic carbocycles. The van der Waals surface area contributed by atoms with Crippen LogP contribution in [0.25, 0.3) is 0 Å². The first-order chi connectivity index (χ1) is 13.5. The number of carbonyl (C=O) groups is 2. The minimum Gasteiger partial charge on any atom is -0.395 e. The zero-order valence-corrected chi connectivity index (χ0v) is 14.7. The van der Waals surface area contributed by atoms with Crippen LogP contribution in [0.2, 0.25) is 0 Å². The number of aromatic nitrogens is 2. The van der Waals surface area contributed by atoms with E-state index in [0.29, 0.717) is 13.0 Å². The number of amides is 2. The standard InChI is InChI=1S/C18H17N5O5/c24-17(20-8-3-10-22-11-9-19-12-22)13-4-1-2-5-14(13)21-18(25)15-6-7-16(28-15)23(26)27/h1-2,4-7,9,11-12H,3,8,10H2,(H,20,24)(H,21,25). The number of carbonyl (C=O) groups excluding carboxylic acids is 2. The number of hydrogen-bond donors (Lipinski definition) is 2. The van der Waals surface area contributed by atoms with Crippen LogP contribution in [-0.2, 0) is 6.54 Å². The number of aryl methyl sites for hydroxylation is 1. The molecule has 28 heavy (non-hydrogen) atoms. The molecule has 0 radical (unpaired) electrons. The van der Waals surface area contributed by atoms with Gasteiger partial charge in [0.25, 0.3) is 11.8 Å². The van der Waals surface area contributed by atoms with Gasteiger partial charge < -0.3 is 19.6 Å².